The van der Waals surface area contributed by atoms with Gasteiger partial charge in [-0.05, 0) is 26.6 Å². The fraction of sp³-hybridized carbons (Fsp3) is 0.273. The summed E-state index contributed by atoms with van der Waals surface area (Å²) < 4.78 is 0. The Morgan fingerprint density at radius 3 is 2.26 bits per heavy atom. The van der Waals surface area contributed by atoms with Crippen LogP contribution in [0, 0.1) is 6.92 Å². The molecule has 2 aromatic rings. The number of nitrogens with zero attached hydrogens (tertiary/aromatic N) is 2. The van der Waals surface area contributed by atoms with E-state index in [0.717, 1.165) is 11.1 Å². The lowest BCUT2D eigenvalue weighted by atomic mass is 9.95. The number of Topliss-reactive ketones (excluding diaryl/α,β-unsaturated/α-hetero) is 1. The molecule has 0 aliphatic carbocycles. The van der Waals surface area contributed by atoms with Crippen LogP contribution in [-0.2, 0) is 9.59 Å². The fourth-order valence-electron chi connectivity index (χ4n) is 3.27. The number of likely N-dealkylation sites (N-methyl/N-ethyl adjacent to an activating group) is 1. The van der Waals surface area contributed by atoms with Gasteiger partial charge in [0.25, 0.3) is 11.7 Å². The third kappa shape index (κ3) is 3.78. The number of ketones is 1. The minimum absolute atomic E-state index is 0.130. The van der Waals surface area contributed by atoms with Gasteiger partial charge in [-0.2, -0.15) is 0 Å². The summed E-state index contributed by atoms with van der Waals surface area (Å²) in [6, 6.07) is 16.1. The van der Waals surface area contributed by atoms with Crippen molar-refractivity contribution in [1.29, 1.82) is 0 Å². The van der Waals surface area contributed by atoms with E-state index in [-0.39, 0.29) is 11.3 Å². The van der Waals surface area contributed by atoms with Gasteiger partial charge in [0.05, 0.1) is 11.6 Å². The average Bonchev–Trinajstić information content (AvgIpc) is 2.91. The lowest BCUT2D eigenvalue weighted by Gasteiger charge is -2.26. The van der Waals surface area contributed by atoms with Crippen molar-refractivity contribution in [3.63, 3.8) is 0 Å². The molecule has 1 aliphatic heterocycles. The Hall–Kier alpha value is -2.92. The highest BCUT2D eigenvalue weighted by atomic mass is 16.3. The molecule has 0 aromatic heterocycles. The van der Waals surface area contributed by atoms with E-state index in [1.54, 1.807) is 17.0 Å². The summed E-state index contributed by atoms with van der Waals surface area (Å²) in [4.78, 5) is 29.0. The van der Waals surface area contributed by atoms with Crippen molar-refractivity contribution in [2.24, 2.45) is 0 Å². The van der Waals surface area contributed by atoms with E-state index in [2.05, 4.69) is 0 Å². The second kappa shape index (κ2) is 7.76. The number of hydrogen-bond acceptors (Lipinski definition) is 4. The Morgan fingerprint density at radius 1 is 1.04 bits per heavy atom. The van der Waals surface area contributed by atoms with Gasteiger partial charge in [0.15, 0.2) is 0 Å². The van der Waals surface area contributed by atoms with Gasteiger partial charge in [0, 0.05) is 18.7 Å². The topological polar surface area (TPSA) is 60.9 Å². The van der Waals surface area contributed by atoms with Gasteiger partial charge >= 0.3 is 0 Å². The number of likely N-dealkylation sites (tertiary alicyclic amines) is 1. The van der Waals surface area contributed by atoms with Crippen molar-refractivity contribution in [2.45, 2.75) is 13.0 Å². The Morgan fingerprint density at radius 2 is 1.67 bits per heavy atom. The zero-order valence-corrected chi connectivity index (χ0v) is 15.8. The van der Waals surface area contributed by atoms with Crippen LogP contribution in [0.5, 0.6) is 0 Å². The molecule has 1 saturated heterocycles. The first-order chi connectivity index (χ1) is 12.9. The summed E-state index contributed by atoms with van der Waals surface area (Å²) in [5.41, 5.74) is 2.54. The van der Waals surface area contributed by atoms with Crippen molar-refractivity contribution < 1.29 is 14.7 Å². The molecule has 0 unspecified atom stereocenters. The smallest absolute Gasteiger partial charge is 0.295 e. The Bertz CT molecular complexity index is 870. The van der Waals surface area contributed by atoms with Gasteiger partial charge in [-0.3, -0.25) is 9.59 Å². The van der Waals surface area contributed by atoms with Gasteiger partial charge < -0.3 is 14.9 Å². The third-order valence-corrected chi connectivity index (χ3v) is 4.77. The zero-order valence-electron chi connectivity index (χ0n) is 15.8. The summed E-state index contributed by atoms with van der Waals surface area (Å²) in [6.45, 7) is 2.98. The molecule has 140 valence electrons. The number of carbonyl (C=O) groups excluding carboxylic acids is 2. The largest absolute Gasteiger partial charge is 0.507 e. The van der Waals surface area contributed by atoms with Crippen LogP contribution in [0.4, 0.5) is 0 Å². The van der Waals surface area contributed by atoms with Gasteiger partial charge in [0.1, 0.15) is 5.76 Å². The van der Waals surface area contributed by atoms with Crippen molar-refractivity contribution in [2.75, 3.05) is 27.2 Å². The molecule has 2 aromatic carbocycles. The maximum Gasteiger partial charge on any atom is 0.295 e. The maximum absolute atomic E-state index is 12.8. The molecule has 27 heavy (non-hydrogen) atoms. The van der Waals surface area contributed by atoms with E-state index in [4.69, 9.17) is 0 Å². The maximum atomic E-state index is 12.8. The van der Waals surface area contributed by atoms with E-state index in [1.807, 2.05) is 68.4 Å². The number of benzene rings is 2. The molecule has 1 heterocycles. The molecule has 1 aliphatic rings. The van der Waals surface area contributed by atoms with Crippen LogP contribution in [0.2, 0.25) is 0 Å². The second-order valence-electron chi connectivity index (χ2n) is 7.07. The van der Waals surface area contributed by atoms with Crippen LogP contribution in [0.1, 0.15) is 22.7 Å². The first-order valence-electron chi connectivity index (χ1n) is 8.95. The molecule has 1 N–H and O–H groups in total. The predicted octanol–water partition coefficient (Wildman–Crippen LogP) is 2.98. The van der Waals surface area contributed by atoms with Crippen molar-refractivity contribution in [3.05, 3.63) is 76.9 Å². The monoisotopic (exact) mass is 364 g/mol. The number of rotatable bonds is 5. The molecule has 0 bridgehead atoms. The van der Waals surface area contributed by atoms with Crippen LogP contribution >= 0.6 is 0 Å². The molecule has 0 radical (unpaired) electrons. The van der Waals surface area contributed by atoms with E-state index < -0.39 is 17.7 Å². The van der Waals surface area contributed by atoms with E-state index >= 15 is 0 Å². The predicted molar refractivity (Wildman–Crippen MR) is 105 cm³/mol. The lowest BCUT2D eigenvalue weighted by molar-refractivity contribution is -0.140. The minimum atomic E-state index is -0.638. The van der Waals surface area contributed by atoms with Crippen molar-refractivity contribution in [3.8, 4) is 0 Å². The quantitative estimate of drug-likeness (QED) is 0.503. The van der Waals surface area contributed by atoms with E-state index in [1.165, 1.54) is 0 Å². The summed E-state index contributed by atoms with van der Waals surface area (Å²) >= 11 is 0. The minimum Gasteiger partial charge on any atom is -0.507 e. The molecule has 3 rings (SSSR count). The summed E-state index contributed by atoms with van der Waals surface area (Å²) in [5, 5.41) is 10.9. The number of amides is 1. The Labute approximate surface area is 159 Å². The zero-order chi connectivity index (χ0) is 19.6. The molecule has 1 fully saturated rings. The Balaban J connectivity index is 2.12. The number of aliphatic hydroxyl groups is 1. The Kier molecular flexibility index (Phi) is 5.42. The average molecular weight is 364 g/mol. The normalized spacial score (nSPS) is 19.1. The number of aliphatic hydroxyl groups excluding tert-OH is 1. The summed E-state index contributed by atoms with van der Waals surface area (Å²) in [5.74, 6) is -1.34. The highest BCUT2D eigenvalue weighted by Gasteiger charge is 2.45. The van der Waals surface area contributed by atoms with Gasteiger partial charge in [0.2, 0.25) is 0 Å². The van der Waals surface area contributed by atoms with Crippen LogP contribution in [0.3, 0.4) is 0 Å². The number of aryl methyl sites for hydroxylation is 1. The SMILES string of the molecule is Cc1ccc(C(O)=C2C(=O)C(=O)N(CCN(C)C)[C@@H]2c2ccccc2)cc1. The molecule has 0 saturated carbocycles. The van der Waals surface area contributed by atoms with E-state index in [9.17, 15) is 14.7 Å². The standard InChI is InChI=1S/C22H24N2O3/c1-15-9-11-17(12-10-15)20(25)18-19(16-7-5-4-6-8-16)24(14-13-23(2)3)22(27)21(18)26/h4-12,19,25H,13-14H2,1-3H3/t19-/m1/s1. The first-order valence-corrected chi connectivity index (χ1v) is 8.95. The molecular formula is C22H24N2O3. The first kappa shape index (κ1) is 18.9. The highest BCUT2D eigenvalue weighted by Crippen LogP contribution is 2.39. The molecule has 1 amide bonds. The summed E-state index contributed by atoms with van der Waals surface area (Å²) in [6.07, 6.45) is 0. The van der Waals surface area contributed by atoms with Crippen LogP contribution in [0.25, 0.3) is 5.76 Å². The molecule has 0 spiro atoms. The van der Waals surface area contributed by atoms with Crippen molar-refractivity contribution in [1.82, 2.24) is 9.80 Å². The van der Waals surface area contributed by atoms with Crippen molar-refractivity contribution >= 4 is 17.4 Å². The van der Waals surface area contributed by atoms with Crippen LogP contribution in [-0.4, -0.2) is 53.8 Å². The third-order valence-electron chi connectivity index (χ3n) is 4.77. The number of hydrogen-bond donors (Lipinski definition) is 1. The van der Waals surface area contributed by atoms with Gasteiger partial charge in [-0.25, -0.2) is 0 Å². The highest BCUT2D eigenvalue weighted by molar-refractivity contribution is 6.46. The molecular weight excluding hydrogens is 340 g/mol. The summed E-state index contributed by atoms with van der Waals surface area (Å²) in [7, 11) is 3.83. The lowest BCUT2D eigenvalue weighted by Crippen LogP contribution is -2.35. The molecule has 5 nitrogen and oxygen atoms in total. The molecule has 1 atom stereocenters. The van der Waals surface area contributed by atoms with Crippen LogP contribution in [0.15, 0.2) is 60.2 Å². The molecule has 5 heteroatoms. The van der Waals surface area contributed by atoms with E-state index in [0.29, 0.717) is 18.7 Å². The number of carbonyl (C=O) groups is 2. The fourth-order valence-corrected chi connectivity index (χ4v) is 3.27. The second-order valence-corrected chi connectivity index (χ2v) is 7.07. The van der Waals surface area contributed by atoms with Gasteiger partial charge in [-0.15, -0.1) is 0 Å². The van der Waals surface area contributed by atoms with Gasteiger partial charge in [-0.1, -0.05) is 60.2 Å². The van der Waals surface area contributed by atoms with Crippen LogP contribution < -0.4 is 0 Å².